The Hall–Kier alpha value is -1.21. The van der Waals surface area contributed by atoms with Gasteiger partial charge in [-0.1, -0.05) is 5.92 Å². The summed E-state index contributed by atoms with van der Waals surface area (Å²) in [6, 6.07) is -0.631. The second-order valence-corrected chi connectivity index (χ2v) is 1.84. The number of amides is 3. The summed E-state index contributed by atoms with van der Waals surface area (Å²) in [6.07, 6.45) is 4.84. The smallest absolute Gasteiger partial charge is 0.322 e. The summed E-state index contributed by atoms with van der Waals surface area (Å²) in [5, 5.41) is 4.18. The Balaban J connectivity index is 3.54. The molecule has 0 unspecified atom stereocenters. The lowest BCUT2D eigenvalue weighted by atomic mass is 10.6. The van der Waals surface area contributed by atoms with Crippen molar-refractivity contribution < 1.29 is 9.59 Å². The van der Waals surface area contributed by atoms with E-state index in [1.165, 1.54) is 0 Å². The Kier molecular flexibility index (Phi) is 4.95. The zero-order chi connectivity index (χ0) is 8.69. The van der Waals surface area contributed by atoms with Gasteiger partial charge in [-0.2, -0.15) is 0 Å². The second kappa shape index (κ2) is 5.57. The molecule has 0 aliphatic rings. The first-order chi connectivity index (χ1) is 5.20. The van der Waals surface area contributed by atoms with E-state index in [0.717, 1.165) is 0 Å². The second-order valence-electron chi connectivity index (χ2n) is 1.57. The van der Waals surface area contributed by atoms with Gasteiger partial charge in [-0.05, 0) is 0 Å². The Labute approximate surface area is 69.3 Å². The highest BCUT2D eigenvalue weighted by atomic mass is 35.5. The molecule has 0 atom stereocenters. The minimum atomic E-state index is -0.631. The fourth-order valence-corrected chi connectivity index (χ4v) is 0.402. The van der Waals surface area contributed by atoms with Crippen LogP contribution in [0.15, 0.2) is 0 Å². The van der Waals surface area contributed by atoms with Crippen LogP contribution in [-0.4, -0.2) is 24.4 Å². The fraction of sp³-hybridized carbons (Fsp3) is 0.333. The van der Waals surface area contributed by atoms with Crippen molar-refractivity contribution in [3.05, 3.63) is 0 Å². The largest absolute Gasteiger partial charge is 0.327 e. The summed E-state index contributed by atoms with van der Waals surface area (Å²) in [7, 11) is 0. The van der Waals surface area contributed by atoms with Crippen LogP contribution in [0.2, 0.25) is 0 Å². The molecule has 0 aliphatic carbocycles. The van der Waals surface area contributed by atoms with E-state index in [2.05, 4.69) is 11.2 Å². The Morgan fingerprint density at radius 3 is 2.64 bits per heavy atom. The van der Waals surface area contributed by atoms with Crippen LogP contribution in [0.1, 0.15) is 0 Å². The minimum absolute atomic E-state index is 0.0847. The molecule has 0 aromatic carbocycles. The van der Waals surface area contributed by atoms with E-state index in [9.17, 15) is 9.59 Å². The SMILES string of the molecule is C#CCNC(=O)NC(=O)CCl. The van der Waals surface area contributed by atoms with Crippen LogP contribution in [0.5, 0.6) is 0 Å². The first-order valence-electron chi connectivity index (χ1n) is 2.77. The topological polar surface area (TPSA) is 58.2 Å². The van der Waals surface area contributed by atoms with Crippen LogP contribution in [0, 0.1) is 12.3 Å². The normalized spacial score (nSPS) is 8.00. The zero-order valence-corrected chi connectivity index (χ0v) is 6.44. The van der Waals surface area contributed by atoms with Crippen molar-refractivity contribution in [3.63, 3.8) is 0 Å². The quantitative estimate of drug-likeness (QED) is 0.446. The molecular formula is C6H7ClN2O2. The number of imide groups is 1. The summed E-state index contributed by atoms with van der Waals surface area (Å²) in [5.74, 6) is 1.37. The van der Waals surface area contributed by atoms with E-state index >= 15 is 0 Å². The number of carbonyl (C=O) groups excluding carboxylic acids is 2. The van der Waals surface area contributed by atoms with E-state index in [-0.39, 0.29) is 12.4 Å². The fourth-order valence-electron chi connectivity index (χ4n) is 0.336. The van der Waals surface area contributed by atoms with Crippen LogP contribution in [0.4, 0.5) is 4.79 Å². The lowest BCUT2D eigenvalue weighted by molar-refractivity contribution is -0.117. The highest BCUT2D eigenvalue weighted by Crippen LogP contribution is 1.73. The van der Waals surface area contributed by atoms with Crippen molar-refractivity contribution in [3.8, 4) is 12.3 Å². The average molecular weight is 175 g/mol. The van der Waals surface area contributed by atoms with Gasteiger partial charge in [0.1, 0.15) is 5.88 Å². The third-order valence-electron chi connectivity index (χ3n) is 0.725. The maximum atomic E-state index is 10.6. The van der Waals surface area contributed by atoms with Gasteiger partial charge >= 0.3 is 6.03 Å². The number of terminal acetylenes is 1. The molecule has 0 spiro atoms. The first kappa shape index (κ1) is 9.79. The number of alkyl halides is 1. The van der Waals surface area contributed by atoms with Crippen LogP contribution in [0.3, 0.4) is 0 Å². The van der Waals surface area contributed by atoms with Crippen molar-refractivity contribution in [1.82, 2.24) is 10.6 Å². The number of nitrogens with one attached hydrogen (secondary N) is 2. The Morgan fingerprint density at radius 1 is 1.55 bits per heavy atom. The molecule has 2 N–H and O–H groups in total. The lowest BCUT2D eigenvalue weighted by Crippen LogP contribution is -2.40. The number of hydrogen-bond donors (Lipinski definition) is 2. The van der Waals surface area contributed by atoms with E-state index in [4.69, 9.17) is 18.0 Å². The molecule has 4 nitrogen and oxygen atoms in total. The van der Waals surface area contributed by atoms with Gasteiger partial charge in [-0.15, -0.1) is 18.0 Å². The van der Waals surface area contributed by atoms with Gasteiger partial charge in [-0.3, -0.25) is 10.1 Å². The van der Waals surface area contributed by atoms with Gasteiger partial charge in [0.15, 0.2) is 0 Å². The number of hydrogen-bond acceptors (Lipinski definition) is 2. The first-order valence-corrected chi connectivity index (χ1v) is 3.31. The predicted molar refractivity (Wildman–Crippen MR) is 41.1 cm³/mol. The number of carbonyl (C=O) groups is 2. The summed E-state index contributed by atoms with van der Waals surface area (Å²) < 4.78 is 0. The van der Waals surface area contributed by atoms with Crippen molar-refractivity contribution >= 4 is 23.5 Å². The van der Waals surface area contributed by atoms with Gasteiger partial charge in [0.25, 0.3) is 0 Å². The van der Waals surface area contributed by atoms with Crippen molar-refractivity contribution in [2.75, 3.05) is 12.4 Å². The standard InChI is InChI=1S/C6H7ClN2O2/c1-2-3-8-6(11)9-5(10)4-7/h1H,3-4H2,(H2,8,9,10,11). The van der Waals surface area contributed by atoms with Crippen LogP contribution in [0.25, 0.3) is 0 Å². The maximum absolute atomic E-state index is 10.6. The van der Waals surface area contributed by atoms with Gasteiger partial charge in [0, 0.05) is 0 Å². The number of rotatable bonds is 2. The highest BCUT2D eigenvalue weighted by Gasteiger charge is 2.03. The summed E-state index contributed by atoms with van der Waals surface area (Å²) in [5.41, 5.74) is 0. The molecule has 0 saturated carbocycles. The van der Waals surface area contributed by atoms with E-state index in [1.54, 1.807) is 0 Å². The highest BCUT2D eigenvalue weighted by molar-refractivity contribution is 6.28. The Bertz CT molecular complexity index is 197. The molecule has 0 fully saturated rings. The van der Waals surface area contributed by atoms with Crippen LogP contribution in [-0.2, 0) is 4.79 Å². The molecule has 0 heterocycles. The van der Waals surface area contributed by atoms with E-state index < -0.39 is 11.9 Å². The third-order valence-corrected chi connectivity index (χ3v) is 0.968. The lowest BCUT2D eigenvalue weighted by Gasteiger charge is -2.00. The molecule has 0 saturated heterocycles. The zero-order valence-electron chi connectivity index (χ0n) is 5.69. The number of urea groups is 1. The van der Waals surface area contributed by atoms with Gasteiger partial charge in [-0.25, -0.2) is 4.79 Å². The van der Waals surface area contributed by atoms with Crippen LogP contribution < -0.4 is 10.6 Å². The molecule has 0 rings (SSSR count). The monoisotopic (exact) mass is 174 g/mol. The van der Waals surface area contributed by atoms with Crippen molar-refractivity contribution in [2.24, 2.45) is 0 Å². The van der Waals surface area contributed by atoms with Crippen LogP contribution >= 0.6 is 11.6 Å². The number of halogens is 1. The minimum Gasteiger partial charge on any atom is -0.327 e. The summed E-state index contributed by atoms with van der Waals surface area (Å²) >= 11 is 5.10. The van der Waals surface area contributed by atoms with Crippen molar-refractivity contribution in [1.29, 1.82) is 0 Å². The van der Waals surface area contributed by atoms with E-state index in [0.29, 0.717) is 0 Å². The van der Waals surface area contributed by atoms with Gasteiger partial charge in [0.05, 0.1) is 6.54 Å². The molecular weight excluding hydrogens is 168 g/mol. The summed E-state index contributed by atoms with van der Waals surface area (Å²) in [4.78, 5) is 21.0. The summed E-state index contributed by atoms with van der Waals surface area (Å²) in [6.45, 7) is 0.0847. The molecule has 0 aromatic heterocycles. The predicted octanol–water partition coefficient (Wildman–Crippen LogP) is -0.316. The van der Waals surface area contributed by atoms with Gasteiger partial charge < -0.3 is 5.32 Å². The molecule has 5 heteroatoms. The molecule has 0 radical (unpaired) electrons. The third kappa shape index (κ3) is 5.25. The maximum Gasteiger partial charge on any atom is 0.322 e. The molecule has 11 heavy (non-hydrogen) atoms. The van der Waals surface area contributed by atoms with Gasteiger partial charge in [0.2, 0.25) is 5.91 Å². The molecule has 0 aromatic rings. The van der Waals surface area contributed by atoms with Crippen molar-refractivity contribution in [2.45, 2.75) is 0 Å². The molecule has 0 aliphatic heterocycles. The average Bonchev–Trinajstić information content (AvgIpc) is 2.00. The molecule has 60 valence electrons. The molecule has 0 bridgehead atoms. The Morgan fingerprint density at radius 2 is 2.18 bits per heavy atom. The molecule has 3 amide bonds. The van der Waals surface area contributed by atoms with E-state index in [1.807, 2.05) is 5.32 Å².